The molecule has 1 atom stereocenters. The molecule has 0 bridgehead atoms. The fourth-order valence-electron chi connectivity index (χ4n) is 2.84. The molecule has 1 aromatic rings. The smallest absolute Gasteiger partial charge is 0.119 e. The quantitative estimate of drug-likeness (QED) is 0.805. The molecular formula is C17H27NO2. The Labute approximate surface area is 122 Å². The summed E-state index contributed by atoms with van der Waals surface area (Å²) in [5.74, 6) is 0.961. The van der Waals surface area contributed by atoms with Gasteiger partial charge in [0.1, 0.15) is 5.75 Å². The van der Waals surface area contributed by atoms with Gasteiger partial charge in [0, 0.05) is 12.0 Å². The summed E-state index contributed by atoms with van der Waals surface area (Å²) < 4.78 is 5.86. The number of fused-ring (bicyclic) bond motifs is 1. The van der Waals surface area contributed by atoms with Gasteiger partial charge in [-0.2, -0.15) is 0 Å². The molecule has 0 saturated heterocycles. The highest BCUT2D eigenvalue weighted by atomic mass is 16.5. The Morgan fingerprint density at radius 2 is 2.00 bits per heavy atom. The van der Waals surface area contributed by atoms with Crippen LogP contribution in [0.25, 0.3) is 0 Å². The van der Waals surface area contributed by atoms with Crippen LogP contribution in [-0.2, 0) is 12.8 Å². The van der Waals surface area contributed by atoms with Crippen molar-refractivity contribution in [2.24, 2.45) is 0 Å². The van der Waals surface area contributed by atoms with Gasteiger partial charge in [0.15, 0.2) is 0 Å². The molecule has 0 aliphatic heterocycles. The summed E-state index contributed by atoms with van der Waals surface area (Å²) >= 11 is 0. The molecule has 2 N–H and O–H groups in total. The Morgan fingerprint density at radius 3 is 2.70 bits per heavy atom. The molecule has 1 aliphatic rings. The highest BCUT2D eigenvalue weighted by molar-refractivity contribution is 5.37. The predicted octanol–water partition coefficient (Wildman–Crippen LogP) is 2.69. The molecule has 1 aliphatic carbocycles. The van der Waals surface area contributed by atoms with Crippen molar-refractivity contribution in [3.8, 4) is 5.75 Å². The van der Waals surface area contributed by atoms with Crippen molar-refractivity contribution >= 4 is 0 Å². The fraction of sp³-hybridized carbons (Fsp3) is 0.647. The van der Waals surface area contributed by atoms with E-state index in [1.54, 1.807) is 0 Å². The average molecular weight is 277 g/mol. The lowest BCUT2D eigenvalue weighted by Crippen LogP contribution is -2.46. The zero-order chi connectivity index (χ0) is 14.4. The standard InChI is InChI=1S/C17H27NO2/c1-3-18-17(2,13-19)10-11-20-16-9-8-14-6-4-5-7-15(14)12-16/h8-9,12,18-19H,3-7,10-11,13H2,1-2H3. The van der Waals surface area contributed by atoms with Crippen LogP contribution in [-0.4, -0.2) is 30.4 Å². The third-order valence-electron chi connectivity index (χ3n) is 4.20. The summed E-state index contributed by atoms with van der Waals surface area (Å²) in [7, 11) is 0. The maximum atomic E-state index is 9.45. The topological polar surface area (TPSA) is 41.5 Å². The second-order valence-electron chi connectivity index (χ2n) is 5.99. The molecular weight excluding hydrogens is 250 g/mol. The number of aryl methyl sites for hydroxylation is 2. The minimum atomic E-state index is -0.247. The maximum absolute atomic E-state index is 9.45. The number of hydrogen-bond acceptors (Lipinski definition) is 3. The molecule has 1 aromatic carbocycles. The molecule has 0 amide bonds. The van der Waals surface area contributed by atoms with E-state index in [9.17, 15) is 5.11 Å². The van der Waals surface area contributed by atoms with E-state index in [0.717, 1.165) is 18.7 Å². The van der Waals surface area contributed by atoms with E-state index in [1.807, 2.05) is 6.92 Å². The van der Waals surface area contributed by atoms with Gasteiger partial charge in [0.25, 0.3) is 0 Å². The minimum Gasteiger partial charge on any atom is -0.494 e. The van der Waals surface area contributed by atoms with Crippen LogP contribution < -0.4 is 10.1 Å². The zero-order valence-electron chi connectivity index (χ0n) is 12.7. The van der Waals surface area contributed by atoms with Gasteiger partial charge in [-0.1, -0.05) is 13.0 Å². The Kier molecular flexibility index (Phi) is 5.44. The summed E-state index contributed by atoms with van der Waals surface area (Å²) in [4.78, 5) is 0. The fourth-order valence-corrected chi connectivity index (χ4v) is 2.84. The summed E-state index contributed by atoms with van der Waals surface area (Å²) in [6.07, 6.45) is 5.79. The molecule has 20 heavy (non-hydrogen) atoms. The number of benzene rings is 1. The van der Waals surface area contributed by atoms with Crippen LogP contribution in [0.5, 0.6) is 5.75 Å². The first-order valence-corrected chi connectivity index (χ1v) is 7.77. The van der Waals surface area contributed by atoms with E-state index in [4.69, 9.17) is 4.74 Å². The molecule has 0 aromatic heterocycles. The third-order valence-corrected chi connectivity index (χ3v) is 4.20. The first kappa shape index (κ1) is 15.3. The van der Waals surface area contributed by atoms with Crippen LogP contribution in [0, 0.1) is 0 Å². The van der Waals surface area contributed by atoms with Crippen LogP contribution in [0.15, 0.2) is 18.2 Å². The Hall–Kier alpha value is -1.06. The van der Waals surface area contributed by atoms with Crippen molar-refractivity contribution in [2.45, 2.75) is 51.5 Å². The Morgan fingerprint density at radius 1 is 1.25 bits per heavy atom. The normalized spacial score (nSPS) is 17.4. The molecule has 0 heterocycles. The van der Waals surface area contributed by atoms with E-state index in [1.165, 1.54) is 36.8 Å². The molecule has 0 saturated carbocycles. The van der Waals surface area contributed by atoms with Gasteiger partial charge in [0.2, 0.25) is 0 Å². The number of aliphatic hydroxyl groups excluding tert-OH is 1. The number of rotatable bonds is 7. The first-order chi connectivity index (χ1) is 9.67. The lowest BCUT2D eigenvalue weighted by molar-refractivity contribution is 0.146. The Balaban J connectivity index is 1.88. The van der Waals surface area contributed by atoms with Crippen molar-refractivity contribution < 1.29 is 9.84 Å². The van der Waals surface area contributed by atoms with Gasteiger partial charge >= 0.3 is 0 Å². The van der Waals surface area contributed by atoms with E-state index in [2.05, 4.69) is 30.4 Å². The van der Waals surface area contributed by atoms with Crippen LogP contribution in [0.4, 0.5) is 0 Å². The van der Waals surface area contributed by atoms with E-state index in [0.29, 0.717) is 6.61 Å². The largest absolute Gasteiger partial charge is 0.494 e. The summed E-state index contributed by atoms with van der Waals surface area (Å²) in [6, 6.07) is 6.48. The van der Waals surface area contributed by atoms with Gasteiger partial charge < -0.3 is 15.2 Å². The van der Waals surface area contributed by atoms with Gasteiger partial charge in [0.05, 0.1) is 13.2 Å². The van der Waals surface area contributed by atoms with Gasteiger partial charge in [-0.3, -0.25) is 0 Å². The van der Waals surface area contributed by atoms with Crippen molar-refractivity contribution in [3.05, 3.63) is 29.3 Å². The van der Waals surface area contributed by atoms with E-state index in [-0.39, 0.29) is 12.1 Å². The average Bonchev–Trinajstić information content (AvgIpc) is 2.47. The molecule has 3 nitrogen and oxygen atoms in total. The maximum Gasteiger partial charge on any atom is 0.119 e. The second-order valence-corrected chi connectivity index (χ2v) is 5.99. The highest BCUT2D eigenvalue weighted by Gasteiger charge is 2.21. The molecule has 0 spiro atoms. The molecule has 1 unspecified atom stereocenters. The van der Waals surface area contributed by atoms with E-state index >= 15 is 0 Å². The first-order valence-electron chi connectivity index (χ1n) is 7.77. The zero-order valence-corrected chi connectivity index (χ0v) is 12.7. The molecule has 2 rings (SSSR count). The second kappa shape index (κ2) is 7.09. The van der Waals surface area contributed by atoms with Crippen LogP contribution in [0.3, 0.4) is 0 Å². The van der Waals surface area contributed by atoms with Crippen molar-refractivity contribution in [1.82, 2.24) is 5.32 Å². The van der Waals surface area contributed by atoms with Crippen LogP contribution in [0.1, 0.15) is 44.2 Å². The van der Waals surface area contributed by atoms with Crippen molar-refractivity contribution in [1.29, 1.82) is 0 Å². The van der Waals surface area contributed by atoms with Crippen molar-refractivity contribution in [2.75, 3.05) is 19.8 Å². The number of likely N-dealkylation sites (N-methyl/N-ethyl adjacent to an activating group) is 1. The van der Waals surface area contributed by atoms with E-state index < -0.39 is 0 Å². The molecule has 112 valence electrons. The minimum absolute atomic E-state index is 0.133. The van der Waals surface area contributed by atoms with Gasteiger partial charge in [-0.05, 0) is 62.4 Å². The van der Waals surface area contributed by atoms with Crippen LogP contribution in [0.2, 0.25) is 0 Å². The van der Waals surface area contributed by atoms with Gasteiger partial charge in [-0.15, -0.1) is 0 Å². The summed E-state index contributed by atoms with van der Waals surface area (Å²) in [5, 5.41) is 12.8. The number of aliphatic hydroxyl groups is 1. The number of ether oxygens (including phenoxy) is 1. The molecule has 0 fully saturated rings. The number of nitrogens with one attached hydrogen (secondary N) is 1. The SMILES string of the molecule is CCNC(C)(CO)CCOc1ccc2c(c1)CCCC2. The summed E-state index contributed by atoms with van der Waals surface area (Å²) in [5.41, 5.74) is 2.69. The van der Waals surface area contributed by atoms with Crippen LogP contribution >= 0.6 is 0 Å². The predicted molar refractivity (Wildman–Crippen MR) is 82.4 cm³/mol. The highest BCUT2D eigenvalue weighted by Crippen LogP contribution is 2.25. The lowest BCUT2D eigenvalue weighted by Gasteiger charge is -2.28. The lowest BCUT2D eigenvalue weighted by atomic mass is 9.92. The summed E-state index contributed by atoms with van der Waals surface area (Å²) in [6.45, 7) is 5.71. The monoisotopic (exact) mass is 277 g/mol. The van der Waals surface area contributed by atoms with Gasteiger partial charge in [-0.25, -0.2) is 0 Å². The van der Waals surface area contributed by atoms with Crippen molar-refractivity contribution in [3.63, 3.8) is 0 Å². The molecule has 0 radical (unpaired) electrons. The number of hydrogen-bond donors (Lipinski definition) is 2. The Bertz CT molecular complexity index is 433. The third kappa shape index (κ3) is 3.97. The molecule has 3 heteroatoms.